The fourth-order valence-corrected chi connectivity index (χ4v) is 5.64. The Labute approximate surface area is 173 Å². The van der Waals surface area contributed by atoms with Crippen LogP contribution in [0.3, 0.4) is 0 Å². The van der Waals surface area contributed by atoms with Crippen LogP contribution in [0, 0.1) is 11.8 Å². The number of nitrogens with zero attached hydrogens (tertiary/aromatic N) is 3. The van der Waals surface area contributed by atoms with Gasteiger partial charge in [0.05, 0.1) is 37.5 Å². The third-order valence-electron chi connectivity index (χ3n) is 5.68. The highest BCUT2D eigenvalue weighted by Crippen LogP contribution is 2.41. The van der Waals surface area contributed by atoms with Crippen LogP contribution in [-0.4, -0.2) is 92.1 Å². The maximum Gasteiger partial charge on any atom is 0.246 e. The number of carbonyl (C=O) groups is 2. The highest BCUT2D eigenvalue weighted by Gasteiger charge is 2.58. The Bertz CT molecular complexity index is 721. The first-order valence-corrected chi connectivity index (χ1v) is 11.4. The van der Waals surface area contributed by atoms with E-state index in [2.05, 4.69) is 4.90 Å². The van der Waals surface area contributed by atoms with Crippen molar-refractivity contribution in [2.24, 2.45) is 11.8 Å². The summed E-state index contributed by atoms with van der Waals surface area (Å²) < 4.78 is 30.6. The van der Waals surface area contributed by atoms with E-state index >= 15 is 0 Å². The summed E-state index contributed by atoms with van der Waals surface area (Å²) >= 11 is 0. The molecule has 3 heterocycles. The Balaban J connectivity index is 0.00000280. The van der Waals surface area contributed by atoms with Crippen LogP contribution in [0.25, 0.3) is 0 Å². The Kier molecular flexibility index (Phi) is 7.52. The van der Waals surface area contributed by atoms with Crippen LogP contribution in [0.5, 0.6) is 0 Å². The van der Waals surface area contributed by atoms with Gasteiger partial charge in [0.25, 0.3) is 0 Å². The minimum Gasteiger partial charge on any atom is -0.379 e. The molecule has 3 rings (SSSR count). The van der Waals surface area contributed by atoms with E-state index in [4.69, 9.17) is 4.74 Å². The van der Waals surface area contributed by atoms with Crippen molar-refractivity contribution in [3.8, 4) is 0 Å². The lowest BCUT2D eigenvalue weighted by atomic mass is 9.88. The number of halogens is 1. The van der Waals surface area contributed by atoms with Gasteiger partial charge in [-0.25, -0.2) is 12.7 Å². The third-order valence-corrected chi connectivity index (χ3v) is 6.84. The van der Waals surface area contributed by atoms with Crippen LogP contribution in [0.4, 0.5) is 0 Å². The molecule has 3 aliphatic rings. The molecular formula is C18H30ClN3O5S. The highest BCUT2D eigenvalue weighted by molar-refractivity contribution is 7.88. The van der Waals surface area contributed by atoms with E-state index in [0.29, 0.717) is 32.7 Å². The average molecular weight is 436 g/mol. The second-order valence-corrected chi connectivity index (χ2v) is 9.72. The first kappa shape index (κ1) is 23.1. The summed E-state index contributed by atoms with van der Waals surface area (Å²) in [5, 5.41) is 0. The van der Waals surface area contributed by atoms with Crippen molar-refractivity contribution in [1.29, 1.82) is 0 Å². The summed E-state index contributed by atoms with van der Waals surface area (Å²) in [6.07, 6.45) is 4.96. The number of sulfonamides is 1. The molecule has 0 aliphatic carbocycles. The zero-order valence-corrected chi connectivity index (χ0v) is 18.2. The maximum atomic E-state index is 12.8. The number of hydrogen-bond acceptors (Lipinski definition) is 6. The van der Waals surface area contributed by atoms with Crippen LogP contribution in [0.15, 0.2) is 12.2 Å². The second kappa shape index (κ2) is 9.11. The van der Waals surface area contributed by atoms with Gasteiger partial charge in [0.15, 0.2) is 0 Å². The number of fused-ring (bicyclic) bond motifs is 1. The van der Waals surface area contributed by atoms with Crippen LogP contribution in [-0.2, 0) is 24.3 Å². The first-order chi connectivity index (χ1) is 12.7. The number of amides is 2. The van der Waals surface area contributed by atoms with Gasteiger partial charge in [-0.3, -0.25) is 14.5 Å². The molecule has 0 aromatic carbocycles. The molecule has 2 amide bonds. The second-order valence-electron chi connectivity index (χ2n) is 7.86. The molecule has 0 N–H and O–H groups in total. The van der Waals surface area contributed by atoms with Gasteiger partial charge in [0.2, 0.25) is 21.8 Å². The Morgan fingerprint density at radius 2 is 1.89 bits per heavy atom. The zero-order valence-electron chi connectivity index (χ0n) is 16.6. The van der Waals surface area contributed by atoms with E-state index in [1.807, 2.05) is 19.9 Å². The molecule has 0 saturated carbocycles. The fraction of sp³-hybridized carbons (Fsp3) is 0.778. The van der Waals surface area contributed by atoms with Crippen LogP contribution < -0.4 is 0 Å². The molecule has 3 fully saturated rings. The number of likely N-dealkylation sites (tertiary alicyclic amines) is 1. The molecular weight excluding hydrogens is 406 g/mol. The lowest BCUT2D eigenvalue weighted by Gasteiger charge is -2.28. The number of hydrogen-bond donors (Lipinski definition) is 0. The topological polar surface area (TPSA) is 87.2 Å². The molecule has 8 nitrogen and oxygen atoms in total. The Hall–Kier alpha value is -1.16. The Morgan fingerprint density at radius 3 is 2.46 bits per heavy atom. The number of ether oxygens (including phenoxy) is 1. The summed E-state index contributed by atoms with van der Waals surface area (Å²) in [7, 11) is -3.64. The van der Waals surface area contributed by atoms with Gasteiger partial charge in [0, 0.05) is 32.3 Å². The summed E-state index contributed by atoms with van der Waals surface area (Å²) in [5.41, 5.74) is 0. The van der Waals surface area contributed by atoms with E-state index in [1.54, 1.807) is 11.0 Å². The molecule has 3 aliphatic heterocycles. The van der Waals surface area contributed by atoms with E-state index in [-0.39, 0.29) is 36.2 Å². The lowest BCUT2D eigenvalue weighted by Crippen LogP contribution is -2.43. The summed E-state index contributed by atoms with van der Waals surface area (Å²) in [6.45, 7) is 8.06. The van der Waals surface area contributed by atoms with Crippen molar-refractivity contribution in [1.82, 2.24) is 14.1 Å². The van der Waals surface area contributed by atoms with Crippen molar-refractivity contribution >= 4 is 34.2 Å². The normalized spacial score (nSPS) is 28.9. The van der Waals surface area contributed by atoms with Crippen LogP contribution >= 0.6 is 12.4 Å². The van der Waals surface area contributed by atoms with Crippen molar-refractivity contribution in [3.63, 3.8) is 0 Å². The van der Waals surface area contributed by atoms with E-state index in [1.165, 1.54) is 0 Å². The Morgan fingerprint density at radius 1 is 1.25 bits per heavy atom. The monoisotopic (exact) mass is 435 g/mol. The molecule has 0 aromatic heterocycles. The first-order valence-electron chi connectivity index (χ1n) is 9.52. The van der Waals surface area contributed by atoms with E-state index in [9.17, 15) is 18.0 Å². The predicted octanol–water partition coefficient (Wildman–Crippen LogP) is 0.340. The van der Waals surface area contributed by atoms with Gasteiger partial charge in [-0.2, -0.15) is 0 Å². The third kappa shape index (κ3) is 4.53. The molecule has 0 radical (unpaired) electrons. The quantitative estimate of drug-likeness (QED) is 0.579. The van der Waals surface area contributed by atoms with Gasteiger partial charge in [-0.15, -0.1) is 12.4 Å². The molecule has 0 bridgehead atoms. The predicted molar refractivity (Wildman–Crippen MR) is 108 cm³/mol. The average Bonchev–Trinajstić information content (AvgIpc) is 3.11. The number of morpholine rings is 1. The smallest absolute Gasteiger partial charge is 0.246 e. The SMILES string of the molecule is CC(C)[C@H]1C(=O)N(S(C)(=O)=O)[C@H]2CCN(C(=O)/C=C/CN3CCOCC3)[C@H]12.Cl. The minimum atomic E-state index is -3.64. The van der Waals surface area contributed by atoms with Crippen molar-refractivity contribution in [2.75, 3.05) is 45.6 Å². The van der Waals surface area contributed by atoms with Gasteiger partial charge < -0.3 is 9.64 Å². The standard InChI is InChI=1S/C18H29N3O5S.ClH/c1-13(2)16-17-14(21(18(16)23)27(3,24)25)6-8-20(17)15(22)5-4-7-19-9-11-26-12-10-19;/h4-5,13-14,16-17H,6-12H2,1-3H3;1H/b5-4+;/t14-,16+,17-;/m0./s1. The van der Waals surface area contributed by atoms with E-state index < -0.39 is 22.0 Å². The van der Waals surface area contributed by atoms with Crippen molar-refractivity contribution in [2.45, 2.75) is 32.4 Å². The molecule has 28 heavy (non-hydrogen) atoms. The molecule has 0 spiro atoms. The largest absolute Gasteiger partial charge is 0.379 e. The van der Waals surface area contributed by atoms with Gasteiger partial charge in [-0.05, 0) is 12.3 Å². The number of rotatable bonds is 5. The molecule has 10 heteroatoms. The van der Waals surface area contributed by atoms with Crippen molar-refractivity contribution < 1.29 is 22.7 Å². The van der Waals surface area contributed by atoms with Crippen LogP contribution in [0.1, 0.15) is 20.3 Å². The fourth-order valence-electron chi connectivity index (χ4n) is 4.47. The van der Waals surface area contributed by atoms with Crippen molar-refractivity contribution in [3.05, 3.63) is 12.2 Å². The summed E-state index contributed by atoms with van der Waals surface area (Å²) in [6, 6.07) is -0.829. The molecule has 0 aromatic rings. The molecule has 3 atom stereocenters. The summed E-state index contributed by atoms with van der Waals surface area (Å²) in [4.78, 5) is 29.4. The number of carbonyl (C=O) groups excluding carboxylic acids is 2. The maximum absolute atomic E-state index is 12.8. The van der Waals surface area contributed by atoms with Gasteiger partial charge in [0.1, 0.15) is 0 Å². The zero-order chi connectivity index (χ0) is 19.8. The molecule has 0 unspecified atom stereocenters. The highest BCUT2D eigenvalue weighted by atomic mass is 35.5. The molecule has 3 saturated heterocycles. The summed E-state index contributed by atoms with van der Waals surface area (Å²) in [5.74, 6) is -1.05. The molecule has 160 valence electrons. The minimum absolute atomic E-state index is 0. The van der Waals surface area contributed by atoms with Crippen LogP contribution in [0.2, 0.25) is 0 Å². The van der Waals surface area contributed by atoms with Gasteiger partial charge >= 0.3 is 0 Å². The lowest BCUT2D eigenvalue weighted by molar-refractivity contribution is -0.131. The van der Waals surface area contributed by atoms with E-state index in [0.717, 1.165) is 23.7 Å². The van der Waals surface area contributed by atoms with Gasteiger partial charge in [-0.1, -0.05) is 19.9 Å².